The molecule has 0 aliphatic rings. The predicted octanol–water partition coefficient (Wildman–Crippen LogP) is 1.26. The smallest absolute Gasteiger partial charge is 0.329 e. The highest BCUT2D eigenvalue weighted by Gasteiger charge is 2.06. The Hall–Kier alpha value is -1.60. The van der Waals surface area contributed by atoms with Crippen molar-refractivity contribution in [3.8, 4) is 0 Å². The Kier molecular flexibility index (Phi) is 3.83. The van der Waals surface area contributed by atoms with Gasteiger partial charge in [0, 0.05) is 4.47 Å². The number of carboxylic acids is 1. The zero-order valence-electron chi connectivity index (χ0n) is 9.33. The second-order valence-corrected chi connectivity index (χ2v) is 4.62. The van der Waals surface area contributed by atoms with Crippen LogP contribution in [0.15, 0.2) is 21.4 Å². The molecular formula is C11H11BrN2O4. The van der Waals surface area contributed by atoms with Crippen molar-refractivity contribution in [1.29, 1.82) is 0 Å². The van der Waals surface area contributed by atoms with Gasteiger partial charge < -0.3 is 19.8 Å². The standard InChI is InChI=1S/C11H11BrN2O4/c12-7-4-9-8(13-11(17)14-9)3-6(7)1-2-18-5-10(15)16/h3-4H,1-2,5H2,(H,15,16)(H2,13,14,17). The Morgan fingerprint density at radius 1 is 1.33 bits per heavy atom. The molecular weight excluding hydrogens is 304 g/mol. The number of hydrogen-bond acceptors (Lipinski definition) is 3. The second kappa shape index (κ2) is 5.36. The summed E-state index contributed by atoms with van der Waals surface area (Å²) in [6.07, 6.45) is 0.566. The van der Waals surface area contributed by atoms with Crippen LogP contribution in [0.5, 0.6) is 0 Å². The van der Waals surface area contributed by atoms with E-state index >= 15 is 0 Å². The number of nitrogens with one attached hydrogen (secondary N) is 2. The molecule has 2 aromatic rings. The number of rotatable bonds is 5. The van der Waals surface area contributed by atoms with Gasteiger partial charge in [0.25, 0.3) is 0 Å². The fraction of sp³-hybridized carbons (Fsp3) is 0.273. The average Bonchev–Trinajstić information content (AvgIpc) is 2.63. The quantitative estimate of drug-likeness (QED) is 0.724. The van der Waals surface area contributed by atoms with E-state index in [-0.39, 0.29) is 12.3 Å². The van der Waals surface area contributed by atoms with Crippen molar-refractivity contribution in [1.82, 2.24) is 9.97 Å². The molecule has 96 valence electrons. The first-order chi connectivity index (χ1) is 8.56. The molecule has 0 amide bonds. The van der Waals surface area contributed by atoms with Crippen molar-refractivity contribution < 1.29 is 14.6 Å². The molecule has 0 unspecified atom stereocenters. The van der Waals surface area contributed by atoms with Gasteiger partial charge in [-0.05, 0) is 24.1 Å². The van der Waals surface area contributed by atoms with E-state index in [1.54, 1.807) is 6.07 Å². The average molecular weight is 315 g/mol. The SMILES string of the molecule is O=C(O)COCCc1cc2[nH]c(=O)[nH]c2cc1Br. The summed E-state index contributed by atoms with van der Waals surface area (Å²) in [5.74, 6) is -0.987. The first-order valence-electron chi connectivity index (χ1n) is 5.26. The Balaban J connectivity index is 2.10. The minimum Gasteiger partial charge on any atom is -0.480 e. The van der Waals surface area contributed by atoms with Gasteiger partial charge in [-0.25, -0.2) is 9.59 Å². The van der Waals surface area contributed by atoms with Crippen LogP contribution < -0.4 is 5.69 Å². The molecule has 7 heteroatoms. The number of fused-ring (bicyclic) bond motifs is 1. The molecule has 6 nitrogen and oxygen atoms in total. The van der Waals surface area contributed by atoms with Crippen LogP contribution in [0.2, 0.25) is 0 Å². The maximum absolute atomic E-state index is 11.1. The number of carbonyl (C=O) groups is 1. The Morgan fingerprint density at radius 3 is 2.67 bits per heavy atom. The normalized spacial score (nSPS) is 10.9. The van der Waals surface area contributed by atoms with Gasteiger partial charge in [-0.2, -0.15) is 0 Å². The van der Waals surface area contributed by atoms with Crippen LogP contribution in [0.4, 0.5) is 0 Å². The van der Waals surface area contributed by atoms with E-state index in [0.29, 0.717) is 13.0 Å². The lowest BCUT2D eigenvalue weighted by atomic mass is 10.1. The van der Waals surface area contributed by atoms with Crippen LogP contribution >= 0.6 is 15.9 Å². The van der Waals surface area contributed by atoms with Gasteiger partial charge in [0.2, 0.25) is 0 Å². The summed E-state index contributed by atoms with van der Waals surface area (Å²) in [5.41, 5.74) is 2.14. The van der Waals surface area contributed by atoms with Gasteiger partial charge in [-0.3, -0.25) is 0 Å². The number of aliphatic carboxylic acids is 1. The molecule has 3 N–H and O–H groups in total. The third-order valence-electron chi connectivity index (χ3n) is 2.42. The van der Waals surface area contributed by atoms with Crippen LogP contribution in [0.1, 0.15) is 5.56 Å². The summed E-state index contributed by atoms with van der Waals surface area (Å²) in [6, 6.07) is 3.64. The molecule has 0 radical (unpaired) electrons. The number of hydrogen-bond donors (Lipinski definition) is 3. The van der Waals surface area contributed by atoms with Crippen molar-refractivity contribution in [3.05, 3.63) is 32.7 Å². The minimum atomic E-state index is -0.987. The summed E-state index contributed by atoms with van der Waals surface area (Å²) in [7, 11) is 0. The van der Waals surface area contributed by atoms with Crippen molar-refractivity contribution in [2.24, 2.45) is 0 Å². The third kappa shape index (κ3) is 2.99. The fourth-order valence-corrected chi connectivity index (χ4v) is 2.18. The molecule has 1 aromatic heterocycles. The summed E-state index contributed by atoms with van der Waals surface area (Å²) < 4.78 is 5.82. The minimum absolute atomic E-state index is 0.254. The molecule has 1 heterocycles. The van der Waals surface area contributed by atoms with E-state index in [1.165, 1.54) is 0 Å². The fourth-order valence-electron chi connectivity index (χ4n) is 1.63. The lowest BCUT2D eigenvalue weighted by Gasteiger charge is -2.05. The molecule has 2 rings (SSSR count). The van der Waals surface area contributed by atoms with Crippen LogP contribution in [0.3, 0.4) is 0 Å². The van der Waals surface area contributed by atoms with Crippen LogP contribution in [0.25, 0.3) is 11.0 Å². The van der Waals surface area contributed by atoms with Gasteiger partial charge in [-0.15, -0.1) is 0 Å². The van der Waals surface area contributed by atoms with Gasteiger partial charge in [0.1, 0.15) is 6.61 Å². The van der Waals surface area contributed by atoms with E-state index in [0.717, 1.165) is 21.1 Å². The number of imidazole rings is 1. The number of aromatic nitrogens is 2. The van der Waals surface area contributed by atoms with E-state index < -0.39 is 5.97 Å². The lowest BCUT2D eigenvalue weighted by molar-refractivity contribution is -0.142. The van der Waals surface area contributed by atoms with Crippen molar-refractivity contribution in [2.75, 3.05) is 13.2 Å². The maximum atomic E-state index is 11.1. The second-order valence-electron chi connectivity index (χ2n) is 3.76. The molecule has 0 aliphatic carbocycles. The Labute approximate surface area is 110 Å². The zero-order chi connectivity index (χ0) is 13.1. The molecule has 0 atom stereocenters. The molecule has 0 saturated carbocycles. The van der Waals surface area contributed by atoms with Crippen molar-refractivity contribution in [2.45, 2.75) is 6.42 Å². The number of benzene rings is 1. The topological polar surface area (TPSA) is 95.2 Å². The van der Waals surface area contributed by atoms with Crippen LogP contribution in [-0.2, 0) is 16.0 Å². The molecule has 0 aliphatic heterocycles. The monoisotopic (exact) mass is 314 g/mol. The summed E-state index contributed by atoms with van der Waals surface area (Å²) in [6.45, 7) is 0.00587. The van der Waals surface area contributed by atoms with Gasteiger partial charge in [0.05, 0.1) is 17.6 Å². The molecule has 1 aromatic carbocycles. The Bertz CT molecular complexity index is 631. The summed E-state index contributed by atoms with van der Waals surface area (Å²) in [5, 5.41) is 8.43. The van der Waals surface area contributed by atoms with Crippen LogP contribution in [-0.4, -0.2) is 34.3 Å². The number of carboxylic acid groups (broad SMARTS) is 1. The largest absolute Gasteiger partial charge is 0.480 e. The van der Waals surface area contributed by atoms with Crippen molar-refractivity contribution in [3.63, 3.8) is 0 Å². The predicted molar refractivity (Wildman–Crippen MR) is 68.8 cm³/mol. The van der Waals surface area contributed by atoms with E-state index in [2.05, 4.69) is 25.9 Å². The first-order valence-corrected chi connectivity index (χ1v) is 6.05. The molecule has 0 fully saturated rings. The summed E-state index contributed by atoms with van der Waals surface area (Å²) >= 11 is 3.40. The third-order valence-corrected chi connectivity index (χ3v) is 3.16. The highest BCUT2D eigenvalue weighted by molar-refractivity contribution is 9.10. The van der Waals surface area contributed by atoms with Gasteiger partial charge >= 0.3 is 11.7 Å². The van der Waals surface area contributed by atoms with E-state index in [9.17, 15) is 9.59 Å². The van der Waals surface area contributed by atoms with E-state index in [1.807, 2.05) is 6.07 Å². The number of aromatic amines is 2. The van der Waals surface area contributed by atoms with Gasteiger partial charge in [-0.1, -0.05) is 15.9 Å². The van der Waals surface area contributed by atoms with Crippen molar-refractivity contribution >= 4 is 32.9 Å². The zero-order valence-corrected chi connectivity index (χ0v) is 10.9. The van der Waals surface area contributed by atoms with E-state index in [4.69, 9.17) is 9.84 Å². The first kappa shape index (κ1) is 12.8. The van der Waals surface area contributed by atoms with Gasteiger partial charge in [0.15, 0.2) is 0 Å². The maximum Gasteiger partial charge on any atom is 0.329 e. The summed E-state index contributed by atoms with van der Waals surface area (Å²) in [4.78, 5) is 26.7. The molecule has 0 bridgehead atoms. The number of H-pyrrole nitrogens is 2. The molecule has 0 spiro atoms. The highest BCUT2D eigenvalue weighted by atomic mass is 79.9. The highest BCUT2D eigenvalue weighted by Crippen LogP contribution is 2.22. The number of halogens is 1. The van der Waals surface area contributed by atoms with Crippen LogP contribution in [0, 0.1) is 0 Å². The lowest BCUT2D eigenvalue weighted by Crippen LogP contribution is -2.09. The molecule has 18 heavy (non-hydrogen) atoms. The molecule has 0 saturated heterocycles. The number of ether oxygens (including phenoxy) is 1. The Morgan fingerprint density at radius 2 is 2.00 bits per heavy atom.